The van der Waals surface area contributed by atoms with Gasteiger partial charge in [0.15, 0.2) is 0 Å². The predicted octanol–water partition coefficient (Wildman–Crippen LogP) is 2.63. The summed E-state index contributed by atoms with van der Waals surface area (Å²) in [5.74, 6) is 0. The van der Waals surface area contributed by atoms with Crippen LogP contribution < -0.4 is 0 Å². The monoisotopic (exact) mass is 253 g/mol. The number of nitrogens with one attached hydrogen (secondary N) is 1. The van der Waals surface area contributed by atoms with Gasteiger partial charge in [0.25, 0.3) is 0 Å². The van der Waals surface area contributed by atoms with E-state index in [1.807, 2.05) is 18.5 Å². The van der Waals surface area contributed by atoms with Gasteiger partial charge in [0.1, 0.15) is 21.4 Å². The summed E-state index contributed by atoms with van der Waals surface area (Å²) in [6, 6.07) is 2.00. The van der Waals surface area contributed by atoms with Gasteiger partial charge in [0.05, 0.1) is 16.8 Å². The molecule has 0 radical (unpaired) electrons. The van der Waals surface area contributed by atoms with E-state index >= 15 is 0 Å². The number of aromatic amines is 1. The van der Waals surface area contributed by atoms with Crippen LogP contribution in [0, 0.1) is 0 Å². The SMILES string of the molecule is c1cnc2sc(-c3cnc4c[nH]cc4n3)cc2n1. The second-order valence-electron chi connectivity index (χ2n) is 3.84. The Hall–Kier alpha value is -2.34. The molecule has 0 saturated carbocycles. The maximum absolute atomic E-state index is 4.56. The number of rotatable bonds is 1. The number of fused-ring (bicyclic) bond motifs is 2. The van der Waals surface area contributed by atoms with E-state index in [9.17, 15) is 0 Å². The third kappa shape index (κ3) is 1.39. The molecule has 0 aliphatic heterocycles. The van der Waals surface area contributed by atoms with Crippen molar-refractivity contribution in [3.63, 3.8) is 0 Å². The first-order chi connectivity index (χ1) is 8.90. The van der Waals surface area contributed by atoms with Gasteiger partial charge < -0.3 is 4.98 Å². The zero-order valence-corrected chi connectivity index (χ0v) is 9.98. The maximum Gasteiger partial charge on any atom is 0.142 e. The first kappa shape index (κ1) is 9.67. The Morgan fingerprint density at radius 3 is 2.78 bits per heavy atom. The molecule has 0 fully saturated rings. The molecule has 6 heteroatoms. The van der Waals surface area contributed by atoms with E-state index in [2.05, 4.69) is 24.9 Å². The molecule has 4 rings (SSSR count). The van der Waals surface area contributed by atoms with Gasteiger partial charge in [-0.15, -0.1) is 11.3 Å². The lowest BCUT2D eigenvalue weighted by atomic mass is 10.3. The Morgan fingerprint density at radius 2 is 1.83 bits per heavy atom. The van der Waals surface area contributed by atoms with Crippen LogP contribution in [0.4, 0.5) is 0 Å². The van der Waals surface area contributed by atoms with Crippen molar-refractivity contribution in [2.24, 2.45) is 0 Å². The van der Waals surface area contributed by atoms with Crippen molar-refractivity contribution in [1.29, 1.82) is 0 Å². The van der Waals surface area contributed by atoms with E-state index in [0.717, 1.165) is 32.0 Å². The zero-order valence-electron chi connectivity index (χ0n) is 9.16. The number of thiophene rings is 1. The van der Waals surface area contributed by atoms with Crippen LogP contribution in [0.5, 0.6) is 0 Å². The summed E-state index contributed by atoms with van der Waals surface area (Å²) in [6.07, 6.45) is 8.85. The third-order valence-electron chi connectivity index (χ3n) is 2.69. The molecule has 4 heterocycles. The van der Waals surface area contributed by atoms with E-state index in [4.69, 9.17) is 0 Å². The van der Waals surface area contributed by atoms with Gasteiger partial charge in [-0.1, -0.05) is 0 Å². The molecule has 1 N–H and O–H groups in total. The van der Waals surface area contributed by atoms with Crippen LogP contribution in [0.15, 0.2) is 37.1 Å². The number of aromatic nitrogens is 5. The quantitative estimate of drug-likeness (QED) is 0.566. The van der Waals surface area contributed by atoms with Crippen molar-refractivity contribution in [2.75, 3.05) is 0 Å². The Kier molecular flexibility index (Phi) is 1.92. The van der Waals surface area contributed by atoms with E-state index in [0.29, 0.717) is 0 Å². The first-order valence-electron chi connectivity index (χ1n) is 5.40. The molecular formula is C12H7N5S. The van der Waals surface area contributed by atoms with Crippen molar-refractivity contribution < 1.29 is 0 Å². The standard InChI is InChI=1S/C12H7N5S/c1-2-15-12-7(14-1)3-11(18-12)10-6-16-8-4-13-5-9(8)17-10/h1-6,13H. The number of nitrogens with zero attached hydrogens (tertiary/aromatic N) is 4. The highest BCUT2D eigenvalue weighted by Gasteiger charge is 2.08. The topological polar surface area (TPSA) is 67.3 Å². The summed E-state index contributed by atoms with van der Waals surface area (Å²) < 4.78 is 0. The molecule has 4 aromatic heterocycles. The fraction of sp³-hybridized carbons (Fsp3) is 0. The molecule has 0 aromatic carbocycles. The minimum atomic E-state index is 0.854. The van der Waals surface area contributed by atoms with Gasteiger partial charge in [0.2, 0.25) is 0 Å². The van der Waals surface area contributed by atoms with E-state index < -0.39 is 0 Å². The second kappa shape index (κ2) is 3.58. The van der Waals surface area contributed by atoms with Gasteiger partial charge in [-0.05, 0) is 6.07 Å². The van der Waals surface area contributed by atoms with Crippen molar-refractivity contribution in [3.05, 3.63) is 37.1 Å². The lowest BCUT2D eigenvalue weighted by Crippen LogP contribution is -1.82. The Morgan fingerprint density at radius 1 is 0.944 bits per heavy atom. The average molecular weight is 253 g/mol. The highest BCUT2D eigenvalue weighted by Crippen LogP contribution is 2.30. The molecule has 0 bridgehead atoms. The average Bonchev–Trinajstić information content (AvgIpc) is 3.04. The summed E-state index contributed by atoms with van der Waals surface area (Å²) in [5, 5.41) is 0. The van der Waals surface area contributed by atoms with Crippen LogP contribution in [-0.4, -0.2) is 24.9 Å². The summed E-state index contributed by atoms with van der Waals surface area (Å²) >= 11 is 1.58. The molecule has 0 saturated heterocycles. The summed E-state index contributed by atoms with van der Waals surface area (Å²) in [6.45, 7) is 0. The van der Waals surface area contributed by atoms with Gasteiger partial charge in [-0.3, -0.25) is 9.97 Å². The molecule has 4 aromatic rings. The minimum Gasteiger partial charge on any atom is -0.364 e. The first-order valence-corrected chi connectivity index (χ1v) is 6.22. The molecule has 0 atom stereocenters. The second-order valence-corrected chi connectivity index (χ2v) is 4.87. The molecule has 0 spiro atoms. The van der Waals surface area contributed by atoms with E-state index in [1.165, 1.54) is 0 Å². The highest BCUT2D eigenvalue weighted by atomic mass is 32.1. The van der Waals surface area contributed by atoms with Crippen LogP contribution in [-0.2, 0) is 0 Å². The van der Waals surface area contributed by atoms with Crippen molar-refractivity contribution in [3.8, 4) is 10.6 Å². The summed E-state index contributed by atoms with van der Waals surface area (Å²) in [4.78, 5) is 22.4. The molecular weight excluding hydrogens is 246 g/mol. The predicted molar refractivity (Wildman–Crippen MR) is 70.3 cm³/mol. The molecule has 0 amide bonds. The fourth-order valence-electron chi connectivity index (χ4n) is 1.85. The molecule has 0 aliphatic rings. The lowest BCUT2D eigenvalue weighted by Gasteiger charge is -1.94. The molecule has 86 valence electrons. The van der Waals surface area contributed by atoms with E-state index in [-0.39, 0.29) is 0 Å². The summed E-state index contributed by atoms with van der Waals surface area (Å²) in [5.41, 5.74) is 3.49. The van der Waals surface area contributed by atoms with Crippen LogP contribution in [0.1, 0.15) is 0 Å². The van der Waals surface area contributed by atoms with Gasteiger partial charge in [-0.25, -0.2) is 9.97 Å². The number of hydrogen-bond donors (Lipinski definition) is 1. The smallest absolute Gasteiger partial charge is 0.142 e. The molecule has 18 heavy (non-hydrogen) atoms. The minimum absolute atomic E-state index is 0.854. The van der Waals surface area contributed by atoms with Crippen LogP contribution in [0.25, 0.3) is 32.0 Å². The van der Waals surface area contributed by atoms with Crippen molar-refractivity contribution in [1.82, 2.24) is 24.9 Å². The van der Waals surface area contributed by atoms with Crippen LogP contribution in [0.3, 0.4) is 0 Å². The number of hydrogen-bond acceptors (Lipinski definition) is 5. The van der Waals surface area contributed by atoms with Crippen molar-refractivity contribution in [2.45, 2.75) is 0 Å². The van der Waals surface area contributed by atoms with Crippen LogP contribution >= 0.6 is 11.3 Å². The summed E-state index contributed by atoms with van der Waals surface area (Å²) in [7, 11) is 0. The van der Waals surface area contributed by atoms with Crippen molar-refractivity contribution >= 4 is 32.7 Å². The third-order valence-corrected chi connectivity index (χ3v) is 3.74. The Labute approximate surface area is 106 Å². The Bertz CT molecular complexity index is 815. The molecule has 0 aliphatic carbocycles. The zero-order chi connectivity index (χ0) is 11.9. The highest BCUT2D eigenvalue weighted by molar-refractivity contribution is 7.21. The maximum atomic E-state index is 4.56. The lowest BCUT2D eigenvalue weighted by molar-refractivity contribution is 1.31. The normalized spacial score (nSPS) is 11.3. The van der Waals surface area contributed by atoms with Crippen LogP contribution in [0.2, 0.25) is 0 Å². The van der Waals surface area contributed by atoms with E-state index in [1.54, 1.807) is 29.9 Å². The van der Waals surface area contributed by atoms with Gasteiger partial charge in [-0.2, -0.15) is 0 Å². The fourth-order valence-corrected chi connectivity index (χ4v) is 2.76. The molecule has 5 nitrogen and oxygen atoms in total. The largest absolute Gasteiger partial charge is 0.364 e. The van der Waals surface area contributed by atoms with Gasteiger partial charge >= 0.3 is 0 Å². The number of H-pyrrole nitrogens is 1. The Balaban J connectivity index is 1.94. The molecule has 0 unspecified atom stereocenters. The van der Waals surface area contributed by atoms with Gasteiger partial charge in [0, 0.05) is 24.8 Å².